The van der Waals surface area contributed by atoms with E-state index >= 15 is 0 Å². The first-order chi connectivity index (χ1) is 17.9. The van der Waals surface area contributed by atoms with E-state index in [4.69, 9.17) is 14.6 Å². The Morgan fingerprint density at radius 3 is 2.22 bits per heavy atom. The van der Waals surface area contributed by atoms with Crippen molar-refractivity contribution in [2.45, 2.75) is 19.9 Å². The highest BCUT2D eigenvalue weighted by Gasteiger charge is 2.25. The third-order valence-electron chi connectivity index (χ3n) is 5.88. The Morgan fingerprint density at radius 2 is 1.59 bits per heavy atom. The highest BCUT2D eigenvalue weighted by Crippen LogP contribution is 2.27. The molecular weight excluding hydrogens is 468 g/mol. The molecule has 1 aromatic heterocycles. The Bertz CT molecular complexity index is 1370. The summed E-state index contributed by atoms with van der Waals surface area (Å²) < 4.78 is 12.3. The topological polar surface area (TPSA) is 85.7 Å². The van der Waals surface area contributed by atoms with Crippen LogP contribution in [0.3, 0.4) is 0 Å². The number of carbonyl (C=O) groups excluding carboxylic acids is 2. The van der Waals surface area contributed by atoms with E-state index in [-0.39, 0.29) is 24.4 Å². The van der Waals surface area contributed by atoms with Gasteiger partial charge in [-0.3, -0.25) is 9.59 Å². The van der Waals surface area contributed by atoms with Gasteiger partial charge in [0, 0.05) is 23.7 Å². The van der Waals surface area contributed by atoms with Crippen LogP contribution in [0.5, 0.6) is 11.5 Å². The summed E-state index contributed by atoms with van der Waals surface area (Å²) in [6.07, 6.45) is 0. The lowest BCUT2D eigenvalue weighted by molar-refractivity contribution is -0.117. The van der Waals surface area contributed by atoms with Crippen molar-refractivity contribution in [2.24, 2.45) is 0 Å². The first kappa shape index (κ1) is 25.5. The Balaban J connectivity index is 1.60. The molecule has 2 amide bonds. The lowest BCUT2D eigenvalue weighted by Gasteiger charge is -2.27. The molecule has 8 nitrogen and oxygen atoms in total. The number of amides is 2. The average Bonchev–Trinajstić information content (AvgIpc) is 3.35. The van der Waals surface area contributed by atoms with Crippen LogP contribution in [0.4, 0.5) is 5.82 Å². The van der Waals surface area contributed by atoms with E-state index in [0.29, 0.717) is 22.9 Å². The second kappa shape index (κ2) is 11.4. The lowest BCUT2D eigenvalue weighted by atomic mass is 10.1. The van der Waals surface area contributed by atoms with Crippen molar-refractivity contribution in [1.29, 1.82) is 0 Å². The maximum absolute atomic E-state index is 13.4. The zero-order valence-electron chi connectivity index (χ0n) is 21.3. The molecule has 0 aliphatic heterocycles. The predicted octanol–water partition coefficient (Wildman–Crippen LogP) is 5.05. The lowest BCUT2D eigenvalue weighted by Crippen LogP contribution is -2.42. The molecule has 0 saturated carbocycles. The van der Waals surface area contributed by atoms with Crippen LogP contribution in [-0.2, 0) is 4.79 Å². The summed E-state index contributed by atoms with van der Waals surface area (Å²) in [5, 5.41) is 7.69. The van der Waals surface area contributed by atoms with Crippen LogP contribution in [0.1, 0.15) is 24.2 Å². The fourth-order valence-electron chi connectivity index (χ4n) is 3.94. The number of anilines is 1. The van der Waals surface area contributed by atoms with E-state index < -0.39 is 0 Å². The fourth-order valence-corrected chi connectivity index (χ4v) is 3.94. The fraction of sp³-hybridized carbons (Fsp3) is 0.207. The molecule has 37 heavy (non-hydrogen) atoms. The van der Waals surface area contributed by atoms with Gasteiger partial charge in [0.2, 0.25) is 5.91 Å². The van der Waals surface area contributed by atoms with E-state index in [2.05, 4.69) is 5.32 Å². The van der Waals surface area contributed by atoms with Gasteiger partial charge in [-0.05, 0) is 38.1 Å². The first-order valence-electron chi connectivity index (χ1n) is 11.9. The smallest absolute Gasteiger partial charge is 0.258 e. The van der Waals surface area contributed by atoms with Gasteiger partial charge in [-0.1, -0.05) is 48.5 Å². The van der Waals surface area contributed by atoms with Crippen molar-refractivity contribution in [2.75, 3.05) is 26.1 Å². The minimum atomic E-state index is -0.341. The molecule has 0 aliphatic carbocycles. The molecule has 8 heteroatoms. The summed E-state index contributed by atoms with van der Waals surface area (Å²) >= 11 is 0. The Kier molecular flexibility index (Phi) is 7.88. The largest absolute Gasteiger partial charge is 0.497 e. The number of ether oxygens (including phenoxy) is 2. The predicted molar refractivity (Wildman–Crippen MR) is 143 cm³/mol. The van der Waals surface area contributed by atoms with Crippen LogP contribution in [-0.4, -0.2) is 53.3 Å². The van der Waals surface area contributed by atoms with Gasteiger partial charge in [0.05, 0.1) is 31.2 Å². The quantitative estimate of drug-likeness (QED) is 0.349. The van der Waals surface area contributed by atoms with E-state index in [1.165, 1.54) is 12.0 Å². The van der Waals surface area contributed by atoms with Crippen molar-refractivity contribution in [3.63, 3.8) is 0 Å². The Labute approximate surface area is 216 Å². The maximum Gasteiger partial charge on any atom is 0.258 e. The molecule has 190 valence electrons. The molecule has 0 atom stereocenters. The molecule has 0 spiro atoms. The summed E-state index contributed by atoms with van der Waals surface area (Å²) in [7, 11) is 3.04. The number of hydrogen-bond acceptors (Lipinski definition) is 5. The van der Waals surface area contributed by atoms with Crippen LogP contribution in [0.15, 0.2) is 84.9 Å². The third kappa shape index (κ3) is 5.81. The molecule has 0 unspecified atom stereocenters. The van der Waals surface area contributed by atoms with Crippen LogP contribution in [0.2, 0.25) is 0 Å². The van der Waals surface area contributed by atoms with Gasteiger partial charge in [0.1, 0.15) is 23.9 Å². The van der Waals surface area contributed by atoms with Crippen molar-refractivity contribution >= 4 is 17.6 Å². The van der Waals surface area contributed by atoms with Crippen LogP contribution < -0.4 is 14.8 Å². The summed E-state index contributed by atoms with van der Waals surface area (Å²) in [6.45, 7) is 3.58. The minimum absolute atomic E-state index is 0.147. The summed E-state index contributed by atoms with van der Waals surface area (Å²) in [5.41, 5.74) is 2.81. The van der Waals surface area contributed by atoms with Crippen molar-refractivity contribution in [1.82, 2.24) is 14.7 Å². The van der Waals surface area contributed by atoms with E-state index in [0.717, 1.165) is 16.9 Å². The SMILES string of the molecule is COc1ccc(C(=O)N(CC(=O)Nc2cc(-c3ccccc3)nn2-c2ccccc2)C(C)C)c(OC)c1. The normalized spacial score (nSPS) is 10.7. The average molecular weight is 499 g/mol. The van der Waals surface area contributed by atoms with Gasteiger partial charge in [-0.15, -0.1) is 0 Å². The van der Waals surface area contributed by atoms with E-state index in [1.54, 1.807) is 30.0 Å². The number of benzene rings is 3. The highest BCUT2D eigenvalue weighted by atomic mass is 16.5. The van der Waals surface area contributed by atoms with Crippen molar-refractivity contribution in [3.05, 3.63) is 90.5 Å². The zero-order valence-corrected chi connectivity index (χ0v) is 21.3. The molecule has 1 heterocycles. The second-order valence-electron chi connectivity index (χ2n) is 8.67. The van der Waals surface area contributed by atoms with Gasteiger partial charge >= 0.3 is 0 Å². The standard InChI is InChI=1S/C29H30N4O4/c1-20(2)32(29(35)24-16-15-23(36-3)17-26(24)37-4)19-28(34)30-27-18-25(21-11-7-5-8-12-21)31-33(27)22-13-9-6-10-14-22/h5-18,20H,19H2,1-4H3,(H,30,34). The third-order valence-corrected chi connectivity index (χ3v) is 5.88. The zero-order chi connectivity index (χ0) is 26.4. The van der Waals surface area contributed by atoms with E-state index in [9.17, 15) is 9.59 Å². The summed E-state index contributed by atoms with van der Waals surface area (Å²) in [4.78, 5) is 28.2. The second-order valence-corrected chi connectivity index (χ2v) is 8.67. The van der Waals surface area contributed by atoms with Gasteiger partial charge in [-0.2, -0.15) is 5.10 Å². The Morgan fingerprint density at radius 1 is 0.919 bits per heavy atom. The van der Waals surface area contributed by atoms with Crippen molar-refractivity contribution < 1.29 is 19.1 Å². The molecule has 3 aromatic carbocycles. The number of nitrogens with zero attached hydrogens (tertiary/aromatic N) is 3. The van der Waals surface area contributed by atoms with Crippen LogP contribution >= 0.6 is 0 Å². The molecular formula is C29H30N4O4. The van der Waals surface area contributed by atoms with Gasteiger partial charge in [0.15, 0.2) is 0 Å². The van der Waals surface area contributed by atoms with Crippen LogP contribution in [0, 0.1) is 0 Å². The van der Waals surface area contributed by atoms with E-state index in [1.807, 2.05) is 80.6 Å². The number of methoxy groups -OCH3 is 2. The molecule has 0 saturated heterocycles. The molecule has 0 radical (unpaired) electrons. The molecule has 0 bridgehead atoms. The minimum Gasteiger partial charge on any atom is -0.497 e. The first-order valence-corrected chi connectivity index (χ1v) is 11.9. The number of nitrogens with one attached hydrogen (secondary N) is 1. The number of aromatic nitrogens is 2. The molecule has 0 aliphatic rings. The molecule has 4 aromatic rings. The van der Waals surface area contributed by atoms with Crippen molar-refractivity contribution in [3.8, 4) is 28.4 Å². The highest BCUT2D eigenvalue weighted by molar-refractivity contribution is 6.01. The summed E-state index contributed by atoms with van der Waals surface area (Å²) in [5.74, 6) is 0.807. The number of para-hydroxylation sites is 1. The summed E-state index contributed by atoms with van der Waals surface area (Å²) in [6, 6.07) is 25.9. The van der Waals surface area contributed by atoms with Gasteiger partial charge in [-0.25, -0.2) is 4.68 Å². The van der Waals surface area contributed by atoms with Crippen LogP contribution in [0.25, 0.3) is 16.9 Å². The molecule has 4 rings (SSSR count). The van der Waals surface area contributed by atoms with Gasteiger partial charge < -0.3 is 19.7 Å². The molecule has 1 N–H and O–H groups in total. The monoisotopic (exact) mass is 498 g/mol. The Hall–Kier alpha value is -4.59. The number of carbonyl (C=O) groups is 2. The number of hydrogen-bond donors (Lipinski definition) is 1. The molecule has 0 fully saturated rings. The number of rotatable bonds is 9. The van der Waals surface area contributed by atoms with Gasteiger partial charge in [0.25, 0.3) is 5.91 Å². The maximum atomic E-state index is 13.4.